The predicted molar refractivity (Wildman–Crippen MR) is 141 cm³/mol. The number of piperidine rings is 1. The van der Waals surface area contributed by atoms with E-state index in [1.165, 1.54) is 11.1 Å². The molecule has 36 heavy (non-hydrogen) atoms. The molecule has 7 heteroatoms. The van der Waals surface area contributed by atoms with Crippen molar-refractivity contribution in [1.29, 1.82) is 0 Å². The quantitative estimate of drug-likeness (QED) is 0.353. The first-order chi connectivity index (χ1) is 17.6. The number of benzene rings is 3. The molecule has 2 heterocycles. The van der Waals surface area contributed by atoms with Crippen molar-refractivity contribution in [2.75, 3.05) is 6.54 Å². The number of fused-ring (bicyclic) bond motifs is 1. The maximum Gasteiger partial charge on any atom is 0.407 e. The Labute approximate surface area is 212 Å². The minimum Gasteiger partial charge on any atom is -0.465 e. The summed E-state index contributed by atoms with van der Waals surface area (Å²) in [5, 5.41) is 18.8. The van der Waals surface area contributed by atoms with E-state index in [9.17, 15) is 9.90 Å². The molecule has 1 aliphatic heterocycles. The molecule has 3 aromatic carbocycles. The summed E-state index contributed by atoms with van der Waals surface area (Å²) >= 11 is 0. The molecule has 1 amide bonds. The Bertz CT molecular complexity index is 1240. The molecule has 186 valence electrons. The predicted octanol–water partition coefficient (Wildman–Crippen LogP) is 5.60. The largest absolute Gasteiger partial charge is 0.465 e. The highest BCUT2D eigenvalue weighted by Crippen LogP contribution is 2.32. The number of hydrogen-bond donors (Lipinski definition) is 1. The van der Waals surface area contributed by atoms with Crippen LogP contribution in [-0.4, -0.2) is 54.6 Å². The van der Waals surface area contributed by atoms with Gasteiger partial charge >= 0.3 is 6.09 Å². The average molecular weight is 484 g/mol. The number of rotatable bonds is 8. The van der Waals surface area contributed by atoms with E-state index in [4.69, 9.17) is 0 Å². The normalized spacial score (nSPS) is 19.0. The van der Waals surface area contributed by atoms with Gasteiger partial charge < -0.3 is 10.0 Å². The average Bonchev–Trinajstić information content (AvgIpc) is 3.33. The fourth-order valence-electron chi connectivity index (χ4n) is 5.43. The number of hydrogen-bond acceptors (Lipinski definition) is 4. The summed E-state index contributed by atoms with van der Waals surface area (Å²) in [7, 11) is 0. The van der Waals surface area contributed by atoms with Gasteiger partial charge in [0, 0.05) is 31.7 Å². The van der Waals surface area contributed by atoms with E-state index in [0.717, 1.165) is 43.4 Å². The minimum absolute atomic E-state index is 0.0896. The van der Waals surface area contributed by atoms with E-state index in [1.807, 2.05) is 41.1 Å². The zero-order chi connectivity index (χ0) is 24.9. The van der Waals surface area contributed by atoms with Gasteiger partial charge in [0.1, 0.15) is 5.52 Å². The lowest BCUT2D eigenvalue weighted by Crippen LogP contribution is -2.49. The van der Waals surface area contributed by atoms with Crippen LogP contribution in [0.1, 0.15) is 43.4 Å². The fraction of sp³-hybridized carbons (Fsp3) is 0.345. The van der Waals surface area contributed by atoms with Gasteiger partial charge in [0.2, 0.25) is 0 Å². The Morgan fingerprint density at radius 3 is 2.22 bits per heavy atom. The molecule has 1 aliphatic rings. The summed E-state index contributed by atoms with van der Waals surface area (Å²) in [6, 6.07) is 29.2. The Morgan fingerprint density at radius 1 is 0.972 bits per heavy atom. The maximum atomic E-state index is 12.2. The first-order valence-corrected chi connectivity index (χ1v) is 12.7. The molecule has 0 radical (unpaired) electrons. The van der Waals surface area contributed by atoms with Gasteiger partial charge in [-0.25, -0.2) is 9.48 Å². The second-order valence-corrected chi connectivity index (χ2v) is 9.79. The Hall–Kier alpha value is -3.71. The molecular weight excluding hydrogens is 450 g/mol. The standard InChI is InChI=1S/C29H33N5O2/c1-22(32(20-23-10-4-2-5-11-23)21-24-12-6-3-7-13-24)18-26-19-25(16-17-33(26)29(35)36)34-28-15-9-8-14-27(28)30-31-34/h2-15,22,25-26H,16-21H2,1H3,(H,35,36)/t22?,25?,26-/m0/s1. The monoisotopic (exact) mass is 483 g/mol. The van der Waals surface area contributed by atoms with Crippen molar-refractivity contribution < 1.29 is 9.90 Å². The summed E-state index contributed by atoms with van der Waals surface area (Å²) in [5.41, 5.74) is 4.39. The van der Waals surface area contributed by atoms with Crippen LogP contribution in [0.2, 0.25) is 0 Å². The zero-order valence-corrected chi connectivity index (χ0v) is 20.6. The number of para-hydroxylation sites is 1. The summed E-state index contributed by atoms with van der Waals surface area (Å²) in [6.07, 6.45) is 1.39. The molecule has 0 saturated carbocycles. The number of carbonyl (C=O) groups is 1. The molecule has 3 atom stereocenters. The second kappa shape index (κ2) is 10.9. The second-order valence-electron chi connectivity index (χ2n) is 9.79. The molecule has 1 saturated heterocycles. The summed E-state index contributed by atoms with van der Waals surface area (Å²) in [4.78, 5) is 16.3. The van der Waals surface area contributed by atoms with E-state index >= 15 is 0 Å². The maximum absolute atomic E-state index is 12.2. The van der Waals surface area contributed by atoms with Crippen molar-refractivity contribution in [2.45, 2.75) is 57.4 Å². The topological polar surface area (TPSA) is 74.5 Å². The number of nitrogens with zero attached hydrogens (tertiary/aromatic N) is 5. The van der Waals surface area contributed by atoms with E-state index in [0.29, 0.717) is 6.54 Å². The molecular formula is C29H33N5O2. The molecule has 0 bridgehead atoms. The van der Waals surface area contributed by atoms with Crippen LogP contribution in [-0.2, 0) is 13.1 Å². The Kier molecular flexibility index (Phi) is 7.28. The van der Waals surface area contributed by atoms with Gasteiger partial charge in [-0.15, -0.1) is 5.10 Å². The summed E-state index contributed by atoms with van der Waals surface area (Å²) < 4.78 is 2.00. The molecule has 0 aliphatic carbocycles. The third-order valence-corrected chi connectivity index (χ3v) is 7.35. The SMILES string of the molecule is CC(C[C@H]1CC(n2nnc3ccccc32)CCN1C(=O)O)N(Cc1ccccc1)Cc1ccccc1. The lowest BCUT2D eigenvalue weighted by molar-refractivity contribution is 0.0670. The summed E-state index contributed by atoms with van der Waals surface area (Å²) in [5.74, 6) is 0. The van der Waals surface area contributed by atoms with Gasteiger partial charge in [0.25, 0.3) is 0 Å². The van der Waals surface area contributed by atoms with Crippen molar-refractivity contribution in [3.05, 3.63) is 96.1 Å². The molecule has 2 unspecified atom stereocenters. The third-order valence-electron chi connectivity index (χ3n) is 7.35. The van der Waals surface area contributed by atoms with Crippen LogP contribution in [0.25, 0.3) is 11.0 Å². The van der Waals surface area contributed by atoms with Gasteiger partial charge in [0.15, 0.2) is 0 Å². The Balaban J connectivity index is 1.36. The van der Waals surface area contributed by atoms with Crippen molar-refractivity contribution >= 4 is 17.1 Å². The van der Waals surface area contributed by atoms with Gasteiger partial charge in [-0.3, -0.25) is 4.90 Å². The molecule has 7 nitrogen and oxygen atoms in total. The molecule has 4 aromatic rings. The molecule has 5 rings (SSSR count). The summed E-state index contributed by atoms with van der Waals surface area (Å²) in [6.45, 7) is 4.35. The number of aromatic nitrogens is 3. The molecule has 1 fully saturated rings. The van der Waals surface area contributed by atoms with Crippen LogP contribution >= 0.6 is 0 Å². The smallest absolute Gasteiger partial charge is 0.407 e. The highest BCUT2D eigenvalue weighted by atomic mass is 16.4. The molecule has 1 N–H and O–H groups in total. The molecule has 1 aromatic heterocycles. The lowest BCUT2D eigenvalue weighted by atomic mass is 9.92. The zero-order valence-electron chi connectivity index (χ0n) is 20.6. The van der Waals surface area contributed by atoms with Crippen LogP contribution in [0.4, 0.5) is 4.79 Å². The minimum atomic E-state index is -0.841. The first-order valence-electron chi connectivity index (χ1n) is 12.7. The van der Waals surface area contributed by atoms with Gasteiger partial charge in [-0.1, -0.05) is 78.0 Å². The van der Waals surface area contributed by atoms with Crippen molar-refractivity contribution in [2.24, 2.45) is 0 Å². The number of likely N-dealkylation sites (tertiary alicyclic amines) is 1. The van der Waals surface area contributed by atoms with E-state index in [1.54, 1.807) is 4.90 Å². The van der Waals surface area contributed by atoms with Crippen LogP contribution in [0, 0.1) is 0 Å². The van der Waals surface area contributed by atoms with Crippen molar-refractivity contribution in [3.8, 4) is 0 Å². The Morgan fingerprint density at radius 2 is 1.58 bits per heavy atom. The van der Waals surface area contributed by atoms with E-state index < -0.39 is 6.09 Å². The van der Waals surface area contributed by atoms with Crippen LogP contribution < -0.4 is 0 Å². The highest BCUT2D eigenvalue weighted by molar-refractivity contribution is 5.74. The highest BCUT2D eigenvalue weighted by Gasteiger charge is 2.35. The first kappa shape index (κ1) is 24.0. The van der Waals surface area contributed by atoms with Crippen LogP contribution in [0.15, 0.2) is 84.9 Å². The lowest BCUT2D eigenvalue weighted by Gasteiger charge is -2.41. The van der Waals surface area contributed by atoms with Crippen LogP contribution in [0.3, 0.4) is 0 Å². The van der Waals surface area contributed by atoms with Gasteiger partial charge in [0.05, 0.1) is 11.6 Å². The number of amides is 1. The van der Waals surface area contributed by atoms with E-state index in [2.05, 4.69) is 70.7 Å². The van der Waals surface area contributed by atoms with Crippen molar-refractivity contribution in [3.63, 3.8) is 0 Å². The molecule has 0 spiro atoms. The fourth-order valence-corrected chi connectivity index (χ4v) is 5.43. The van der Waals surface area contributed by atoms with Gasteiger partial charge in [-0.05, 0) is 49.4 Å². The van der Waals surface area contributed by atoms with Crippen LogP contribution in [0.5, 0.6) is 0 Å². The van der Waals surface area contributed by atoms with E-state index in [-0.39, 0.29) is 18.1 Å². The third kappa shape index (κ3) is 5.41. The van der Waals surface area contributed by atoms with Gasteiger partial charge in [-0.2, -0.15) is 0 Å². The number of carboxylic acid groups (broad SMARTS) is 1. The van der Waals surface area contributed by atoms with Crippen molar-refractivity contribution in [1.82, 2.24) is 24.8 Å².